The Balaban J connectivity index is 1.57. The lowest BCUT2D eigenvalue weighted by Gasteiger charge is -2.59. The first kappa shape index (κ1) is 18.0. The fraction of sp³-hybridized carbons (Fsp3) is 0.652. The Bertz CT molecular complexity index is 937. The Hall–Kier alpha value is -2.04. The highest BCUT2D eigenvalue weighted by Gasteiger charge is 2.53. The van der Waals surface area contributed by atoms with Crippen molar-refractivity contribution in [3.8, 4) is 0 Å². The van der Waals surface area contributed by atoms with Crippen molar-refractivity contribution in [1.29, 1.82) is 0 Å². The molecule has 0 aromatic carbocycles. The Labute approximate surface area is 167 Å². The monoisotopic (exact) mass is 380 g/mol. The lowest BCUT2D eigenvalue weighted by molar-refractivity contribution is -0.0504. The molecule has 4 bridgehead atoms. The van der Waals surface area contributed by atoms with Gasteiger partial charge in [-0.25, -0.2) is 4.98 Å². The van der Waals surface area contributed by atoms with Crippen molar-refractivity contribution in [3.05, 3.63) is 24.0 Å². The number of primary amides is 1. The maximum absolute atomic E-state index is 12.2. The van der Waals surface area contributed by atoms with E-state index in [0.29, 0.717) is 28.9 Å². The molecule has 0 saturated heterocycles. The highest BCUT2D eigenvalue weighted by molar-refractivity contribution is 6.06. The van der Waals surface area contributed by atoms with Gasteiger partial charge in [0.05, 0.1) is 11.3 Å². The van der Waals surface area contributed by atoms with Gasteiger partial charge in [-0.15, -0.1) is 0 Å². The quantitative estimate of drug-likeness (QED) is 0.822. The molecular formula is C23H32N4O. The molecule has 6 rings (SSSR count). The molecule has 2 heterocycles. The van der Waals surface area contributed by atoms with Gasteiger partial charge >= 0.3 is 0 Å². The van der Waals surface area contributed by atoms with E-state index in [9.17, 15) is 4.79 Å². The zero-order chi connectivity index (χ0) is 19.8. The number of amides is 1. The van der Waals surface area contributed by atoms with Crippen LogP contribution in [0.15, 0.2) is 18.5 Å². The van der Waals surface area contributed by atoms with Crippen LogP contribution in [0.5, 0.6) is 0 Å². The van der Waals surface area contributed by atoms with E-state index >= 15 is 0 Å². The summed E-state index contributed by atoms with van der Waals surface area (Å²) in [4.78, 5) is 16.8. The van der Waals surface area contributed by atoms with E-state index in [4.69, 9.17) is 5.73 Å². The molecule has 0 spiro atoms. The van der Waals surface area contributed by atoms with Gasteiger partial charge in [0.15, 0.2) is 0 Å². The van der Waals surface area contributed by atoms with Crippen LogP contribution < -0.4 is 11.1 Å². The van der Waals surface area contributed by atoms with Gasteiger partial charge in [-0.05, 0) is 82.1 Å². The molecular weight excluding hydrogens is 348 g/mol. The summed E-state index contributed by atoms with van der Waals surface area (Å²) < 4.78 is 2.18. The molecule has 5 nitrogen and oxygen atoms in total. The molecule has 0 aliphatic heterocycles. The van der Waals surface area contributed by atoms with E-state index in [-0.39, 0.29) is 5.54 Å². The Morgan fingerprint density at radius 2 is 1.93 bits per heavy atom. The highest BCUT2D eigenvalue weighted by Crippen LogP contribution is 2.60. The molecule has 1 amide bonds. The molecule has 4 saturated carbocycles. The number of hydrogen-bond acceptors (Lipinski definition) is 3. The van der Waals surface area contributed by atoms with E-state index in [2.05, 4.69) is 54.8 Å². The van der Waals surface area contributed by atoms with Crippen LogP contribution in [0, 0.1) is 23.2 Å². The summed E-state index contributed by atoms with van der Waals surface area (Å²) in [6, 6.07) is 2.52. The summed E-state index contributed by atoms with van der Waals surface area (Å²) in [5.74, 6) is 1.89. The minimum absolute atomic E-state index is 0.0719. The third-order valence-electron chi connectivity index (χ3n) is 7.59. The molecule has 150 valence electrons. The summed E-state index contributed by atoms with van der Waals surface area (Å²) in [6.45, 7) is 8.99. The van der Waals surface area contributed by atoms with Crippen molar-refractivity contribution in [2.24, 2.45) is 28.9 Å². The molecule has 3 N–H and O–H groups in total. The summed E-state index contributed by atoms with van der Waals surface area (Å²) in [7, 11) is 0. The molecule has 4 fully saturated rings. The minimum Gasteiger partial charge on any atom is -0.380 e. The average Bonchev–Trinajstić information content (AvgIpc) is 3.01. The van der Waals surface area contributed by atoms with Gasteiger partial charge in [-0.2, -0.15) is 0 Å². The van der Waals surface area contributed by atoms with Gasteiger partial charge in [0.25, 0.3) is 5.91 Å². The van der Waals surface area contributed by atoms with Crippen molar-refractivity contribution in [2.75, 3.05) is 5.32 Å². The highest BCUT2D eigenvalue weighted by atomic mass is 16.1. The molecule has 5 heteroatoms. The smallest absolute Gasteiger partial charge is 0.252 e. The molecule has 0 radical (unpaired) electrons. The predicted octanol–water partition coefficient (Wildman–Crippen LogP) is 4.52. The van der Waals surface area contributed by atoms with Crippen LogP contribution in [-0.2, 0) is 5.54 Å². The van der Waals surface area contributed by atoms with E-state index in [0.717, 1.165) is 22.6 Å². The zero-order valence-electron chi connectivity index (χ0n) is 17.5. The second kappa shape index (κ2) is 5.74. The number of anilines is 1. The molecule has 2 aromatic rings. The van der Waals surface area contributed by atoms with Crippen LogP contribution in [-0.4, -0.2) is 21.5 Å². The molecule has 4 aliphatic rings. The molecule has 4 aliphatic carbocycles. The molecule has 2 unspecified atom stereocenters. The van der Waals surface area contributed by atoms with Crippen molar-refractivity contribution in [1.82, 2.24) is 9.55 Å². The number of hydrogen-bond donors (Lipinski definition) is 2. The van der Waals surface area contributed by atoms with Crippen molar-refractivity contribution in [3.63, 3.8) is 0 Å². The number of carbonyl (C=O) groups excluding carboxylic acids is 1. The van der Waals surface area contributed by atoms with Crippen LogP contribution in [0.1, 0.15) is 70.2 Å². The normalized spacial score (nSPS) is 34.1. The Morgan fingerprint density at radius 3 is 2.50 bits per heavy atom. The summed E-state index contributed by atoms with van der Waals surface area (Å²) in [5, 5.41) is 4.85. The summed E-state index contributed by atoms with van der Waals surface area (Å²) in [6.07, 6.45) is 10.4. The van der Waals surface area contributed by atoms with Crippen LogP contribution in [0.3, 0.4) is 0 Å². The first-order valence-corrected chi connectivity index (χ1v) is 10.7. The fourth-order valence-electron chi connectivity index (χ4n) is 6.80. The molecule has 5 atom stereocenters. The maximum atomic E-state index is 12.2. The molecule has 2 aromatic heterocycles. The lowest BCUT2D eigenvalue weighted by atomic mass is 9.48. The average molecular weight is 381 g/mol. The first-order chi connectivity index (χ1) is 13.1. The Kier molecular flexibility index (Phi) is 3.69. The second-order valence-electron chi connectivity index (χ2n) is 11.0. The summed E-state index contributed by atoms with van der Waals surface area (Å²) >= 11 is 0. The predicted molar refractivity (Wildman–Crippen MR) is 112 cm³/mol. The van der Waals surface area contributed by atoms with E-state index in [1.54, 1.807) is 6.20 Å². The van der Waals surface area contributed by atoms with Crippen molar-refractivity contribution in [2.45, 2.75) is 71.4 Å². The standard InChI is InChI=1S/C23H32N4O/c1-22(2,3)27-6-5-16-19(17(20(24)28)12-25-21(16)27)26-18-14-7-13-8-15(18)11-23(4,9-13)10-14/h5-6,12-15,18H,7-11H2,1-4H3,(H2,24,28)(H,25,26)/t13-,14-,15?,18?,23-/m1/s1. The number of nitrogens with one attached hydrogen (secondary N) is 1. The number of pyridine rings is 1. The number of fused-ring (bicyclic) bond motifs is 1. The maximum Gasteiger partial charge on any atom is 0.252 e. The fourth-order valence-corrected chi connectivity index (χ4v) is 6.80. The van der Waals surface area contributed by atoms with Crippen molar-refractivity contribution >= 4 is 22.6 Å². The minimum atomic E-state index is -0.406. The molecule has 28 heavy (non-hydrogen) atoms. The van der Waals surface area contributed by atoms with Crippen LogP contribution in [0.4, 0.5) is 5.69 Å². The number of nitrogens with two attached hydrogens (primary N) is 1. The summed E-state index contributed by atoms with van der Waals surface area (Å²) in [5.41, 5.74) is 8.52. The lowest BCUT2D eigenvalue weighted by Crippen LogP contribution is -2.55. The van der Waals surface area contributed by atoms with Crippen LogP contribution in [0.2, 0.25) is 0 Å². The third-order valence-corrected chi connectivity index (χ3v) is 7.59. The van der Waals surface area contributed by atoms with Gasteiger partial charge < -0.3 is 15.6 Å². The second-order valence-corrected chi connectivity index (χ2v) is 11.0. The zero-order valence-corrected chi connectivity index (χ0v) is 17.5. The van der Waals surface area contributed by atoms with E-state index < -0.39 is 5.91 Å². The SMILES string of the molecule is CC(C)(C)n1ccc2c(NC3C4C[C@H]5C[C@@H]3C[C@](C)(C4)C5)c(C(N)=O)cnc21. The Morgan fingerprint density at radius 1 is 1.25 bits per heavy atom. The van der Waals surface area contributed by atoms with Gasteiger partial charge in [-0.1, -0.05) is 6.92 Å². The van der Waals surface area contributed by atoms with E-state index in [1.165, 1.54) is 32.1 Å². The number of aromatic nitrogens is 2. The number of carbonyl (C=O) groups is 1. The topological polar surface area (TPSA) is 72.9 Å². The van der Waals surface area contributed by atoms with Crippen molar-refractivity contribution < 1.29 is 4.79 Å². The van der Waals surface area contributed by atoms with Crippen LogP contribution >= 0.6 is 0 Å². The van der Waals surface area contributed by atoms with Gasteiger partial charge in [-0.3, -0.25) is 4.79 Å². The van der Waals surface area contributed by atoms with Gasteiger partial charge in [0.1, 0.15) is 5.65 Å². The third kappa shape index (κ3) is 2.66. The number of rotatable bonds is 3. The van der Waals surface area contributed by atoms with Crippen LogP contribution in [0.25, 0.3) is 11.0 Å². The van der Waals surface area contributed by atoms with E-state index in [1.807, 2.05) is 0 Å². The number of nitrogens with zero attached hydrogens (tertiary/aromatic N) is 2. The van der Waals surface area contributed by atoms with Gasteiger partial charge in [0, 0.05) is 29.4 Å². The largest absolute Gasteiger partial charge is 0.380 e. The van der Waals surface area contributed by atoms with Gasteiger partial charge in [0.2, 0.25) is 0 Å². The first-order valence-electron chi connectivity index (χ1n) is 10.7.